The highest BCUT2D eigenvalue weighted by Gasteiger charge is 2.42. The number of ether oxygens (including phenoxy) is 2. The van der Waals surface area contributed by atoms with E-state index in [1.54, 1.807) is 0 Å². The predicted molar refractivity (Wildman–Crippen MR) is 65.0 cm³/mol. The Morgan fingerprint density at radius 3 is 2.41 bits per heavy atom. The quantitative estimate of drug-likeness (QED) is 0.729. The molecule has 0 heterocycles. The molecule has 1 aliphatic rings. The van der Waals surface area contributed by atoms with Crippen molar-refractivity contribution < 1.29 is 19.4 Å². The van der Waals surface area contributed by atoms with Crippen LogP contribution in [0.1, 0.15) is 46.5 Å². The molecule has 0 atom stereocenters. The van der Waals surface area contributed by atoms with Gasteiger partial charge in [0.25, 0.3) is 0 Å². The number of hydrogen-bond acceptors (Lipinski definition) is 3. The van der Waals surface area contributed by atoms with Crippen LogP contribution in [0.3, 0.4) is 0 Å². The monoisotopic (exact) mass is 244 g/mol. The number of aliphatic carboxylic acids is 1. The van der Waals surface area contributed by atoms with Crippen molar-refractivity contribution >= 4 is 5.97 Å². The second-order valence-electron chi connectivity index (χ2n) is 5.25. The fraction of sp³-hybridized carbons (Fsp3) is 0.923. The standard InChI is InChI=1S/C13H24O4/c1-10(2)16-8-9-17-13(12(14)15)6-4-11(3)5-7-13/h10-11H,4-9H2,1-3H3,(H,14,15). The Kier molecular flexibility index (Phi) is 5.40. The first-order valence-electron chi connectivity index (χ1n) is 6.45. The van der Waals surface area contributed by atoms with E-state index in [4.69, 9.17) is 9.47 Å². The second kappa shape index (κ2) is 6.36. The van der Waals surface area contributed by atoms with Crippen molar-refractivity contribution in [3.63, 3.8) is 0 Å². The van der Waals surface area contributed by atoms with E-state index in [-0.39, 0.29) is 6.10 Å². The maximum Gasteiger partial charge on any atom is 0.335 e. The first-order chi connectivity index (χ1) is 7.96. The molecule has 1 saturated carbocycles. The van der Waals surface area contributed by atoms with Crippen LogP contribution in [0.15, 0.2) is 0 Å². The Morgan fingerprint density at radius 1 is 1.35 bits per heavy atom. The average Bonchev–Trinajstić information content (AvgIpc) is 2.26. The maximum atomic E-state index is 11.3. The third kappa shape index (κ3) is 4.28. The lowest BCUT2D eigenvalue weighted by atomic mass is 9.79. The van der Waals surface area contributed by atoms with Gasteiger partial charge in [-0.15, -0.1) is 0 Å². The van der Waals surface area contributed by atoms with Crippen LogP contribution in [-0.2, 0) is 14.3 Å². The van der Waals surface area contributed by atoms with Crippen molar-refractivity contribution in [2.75, 3.05) is 13.2 Å². The molecule has 0 aromatic heterocycles. The van der Waals surface area contributed by atoms with Crippen molar-refractivity contribution in [1.29, 1.82) is 0 Å². The molecule has 0 unspecified atom stereocenters. The van der Waals surface area contributed by atoms with Crippen LogP contribution >= 0.6 is 0 Å². The predicted octanol–water partition coefficient (Wildman–Crippen LogP) is 2.46. The van der Waals surface area contributed by atoms with Crippen LogP contribution in [0.5, 0.6) is 0 Å². The third-order valence-corrected chi connectivity index (χ3v) is 3.38. The Hall–Kier alpha value is -0.610. The summed E-state index contributed by atoms with van der Waals surface area (Å²) >= 11 is 0. The summed E-state index contributed by atoms with van der Waals surface area (Å²) < 4.78 is 11.0. The van der Waals surface area contributed by atoms with Gasteiger partial charge in [0.05, 0.1) is 19.3 Å². The summed E-state index contributed by atoms with van der Waals surface area (Å²) in [6.07, 6.45) is 3.25. The molecule has 4 nitrogen and oxygen atoms in total. The van der Waals surface area contributed by atoms with Crippen LogP contribution in [0.4, 0.5) is 0 Å². The Bertz CT molecular complexity index is 242. The molecular formula is C13H24O4. The van der Waals surface area contributed by atoms with Crippen LogP contribution in [-0.4, -0.2) is 36.0 Å². The van der Waals surface area contributed by atoms with E-state index >= 15 is 0 Å². The normalized spacial score (nSPS) is 29.5. The molecule has 0 saturated heterocycles. The smallest absolute Gasteiger partial charge is 0.335 e. The highest BCUT2D eigenvalue weighted by atomic mass is 16.6. The second-order valence-corrected chi connectivity index (χ2v) is 5.25. The van der Waals surface area contributed by atoms with Crippen molar-refractivity contribution in [3.05, 3.63) is 0 Å². The lowest BCUT2D eigenvalue weighted by molar-refractivity contribution is -0.174. The lowest BCUT2D eigenvalue weighted by Crippen LogP contribution is -2.45. The van der Waals surface area contributed by atoms with E-state index in [0.29, 0.717) is 32.0 Å². The van der Waals surface area contributed by atoms with Gasteiger partial charge in [0.15, 0.2) is 5.60 Å². The first kappa shape index (κ1) is 14.5. The first-order valence-corrected chi connectivity index (χ1v) is 6.45. The molecule has 0 aromatic rings. The van der Waals surface area contributed by atoms with Crippen molar-refractivity contribution in [2.24, 2.45) is 5.92 Å². The SMILES string of the molecule is CC1CCC(OCCOC(C)C)(C(=O)O)CC1. The number of rotatable bonds is 6. The Balaban J connectivity index is 2.41. The number of carbonyl (C=O) groups is 1. The molecule has 1 N–H and O–H groups in total. The zero-order valence-electron chi connectivity index (χ0n) is 11.1. The van der Waals surface area contributed by atoms with Gasteiger partial charge in [0.1, 0.15) is 0 Å². The molecule has 17 heavy (non-hydrogen) atoms. The van der Waals surface area contributed by atoms with E-state index in [1.807, 2.05) is 13.8 Å². The van der Waals surface area contributed by atoms with Crippen molar-refractivity contribution in [2.45, 2.75) is 58.2 Å². The van der Waals surface area contributed by atoms with E-state index in [2.05, 4.69) is 6.92 Å². The summed E-state index contributed by atoms with van der Waals surface area (Å²) in [6, 6.07) is 0. The molecule has 1 aliphatic carbocycles. The number of hydrogen-bond donors (Lipinski definition) is 1. The molecule has 0 aromatic carbocycles. The number of carboxylic acid groups (broad SMARTS) is 1. The zero-order valence-corrected chi connectivity index (χ0v) is 11.1. The molecule has 0 spiro atoms. The van der Waals surface area contributed by atoms with Crippen molar-refractivity contribution in [1.82, 2.24) is 0 Å². The van der Waals surface area contributed by atoms with Gasteiger partial charge in [-0.1, -0.05) is 6.92 Å². The van der Waals surface area contributed by atoms with E-state index in [9.17, 15) is 9.90 Å². The molecular weight excluding hydrogens is 220 g/mol. The largest absolute Gasteiger partial charge is 0.479 e. The van der Waals surface area contributed by atoms with Crippen LogP contribution < -0.4 is 0 Å². The van der Waals surface area contributed by atoms with Gasteiger partial charge < -0.3 is 14.6 Å². The van der Waals surface area contributed by atoms with E-state index < -0.39 is 11.6 Å². The maximum absolute atomic E-state index is 11.3. The van der Waals surface area contributed by atoms with Crippen LogP contribution in [0.25, 0.3) is 0 Å². The number of carboxylic acids is 1. The van der Waals surface area contributed by atoms with Crippen LogP contribution in [0, 0.1) is 5.92 Å². The average molecular weight is 244 g/mol. The summed E-state index contributed by atoms with van der Waals surface area (Å²) in [5, 5.41) is 9.32. The molecule has 1 rings (SSSR count). The topological polar surface area (TPSA) is 55.8 Å². The molecule has 100 valence electrons. The van der Waals surface area contributed by atoms with Gasteiger partial charge in [0.2, 0.25) is 0 Å². The molecule has 0 amide bonds. The summed E-state index contributed by atoms with van der Waals surface area (Å²) in [5.41, 5.74) is -0.965. The summed E-state index contributed by atoms with van der Waals surface area (Å²) in [4.78, 5) is 11.3. The lowest BCUT2D eigenvalue weighted by Gasteiger charge is -2.35. The van der Waals surface area contributed by atoms with Gasteiger partial charge in [-0.2, -0.15) is 0 Å². The summed E-state index contributed by atoms with van der Waals surface area (Å²) in [6.45, 7) is 6.89. The minimum Gasteiger partial charge on any atom is -0.479 e. The Morgan fingerprint density at radius 2 is 1.94 bits per heavy atom. The summed E-state index contributed by atoms with van der Waals surface area (Å²) in [7, 11) is 0. The molecule has 0 aliphatic heterocycles. The van der Waals surface area contributed by atoms with Gasteiger partial charge in [-0.05, 0) is 45.4 Å². The van der Waals surface area contributed by atoms with Crippen molar-refractivity contribution in [3.8, 4) is 0 Å². The van der Waals surface area contributed by atoms with E-state index in [0.717, 1.165) is 12.8 Å². The van der Waals surface area contributed by atoms with Gasteiger partial charge in [-0.25, -0.2) is 4.79 Å². The molecule has 1 fully saturated rings. The zero-order chi connectivity index (χ0) is 12.9. The highest BCUT2D eigenvalue weighted by molar-refractivity contribution is 5.77. The van der Waals surface area contributed by atoms with Gasteiger partial charge in [-0.3, -0.25) is 0 Å². The van der Waals surface area contributed by atoms with E-state index in [1.165, 1.54) is 0 Å². The third-order valence-electron chi connectivity index (χ3n) is 3.38. The molecule has 0 radical (unpaired) electrons. The fourth-order valence-corrected chi connectivity index (χ4v) is 2.17. The fourth-order valence-electron chi connectivity index (χ4n) is 2.17. The molecule has 0 bridgehead atoms. The minimum absolute atomic E-state index is 0.158. The summed E-state index contributed by atoms with van der Waals surface area (Å²) in [5.74, 6) is -0.216. The minimum atomic E-state index is -0.965. The molecule has 4 heteroatoms. The highest BCUT2D eigenvalue weighted by Crippen LogP contribution is 2.34. The van der Waals surface area contributed by atoms with Gasteiger partial charge in [0, 0.05) is 0 Å². The van der Waals surface area contributed by atoms with Crippen LogP contribution in [0.2, 0.25) is 0 Å². The Labute approximate surface area is 103 Å². The van der Waals surface area contributed by atoms with Gasteiger partial charge >= 0.3 is 5.97 Å².